The SMILES string of the molecule is CN(C(=O)c1ccc(=O)[nH]c1)C1CCCC1CN. The molecule has 0 bridgehead atoms. The Morgan fingerprint density at radius 2 is 2.28 bits per heavy atom. The molecule has 2 atom stereocenters. The number of amides is 1. The summed E-state index contributed by atoms with van der Waals surface area (Å²) in [6.07, 6.45) is 4.68. The van der Waals surface area contributed by atoms with E-state index in [4.69, 9.17) is 5.73 Å². The predicted octanol–water partition coefficient (Wildman–Crippen LogP) is 0.574. The number of hydrogen-bond donors (Lipinski definition) is 2. The Morgan fingerprint density at radius 1 is 1.50 bits per heavy atom. The van der Waals surface area contributed by atoms with Gasteiger partial charge in [-0.15, -0.1) is 0 Å². The number of nitrogens with one attached hydrogen (secondary N) is 1. The Morgan fingerprint density at radius 3 is 2.89 bits per heavy atom. The molecule has 5 heteroatoms. The van der Waals surface area contributed by atoms with Crippen LogP contribution in [-0.4, -0.2) is 35.4 Å². The monoisotopic (exact) mass is 249 g/mol. The summed E-state index contributed by atoms with van der Waals surface area (Å²) in [5.74, 6) is 0.332. The smallest absolute Gasteiger partial charge is 0.255 e. The highest BCUT2D eigenvalue weighted by atomic mass is 16.2. The molecule has 1 aromatic rings. The summed E-state index contributed by atoms with van der Waals surface area (Å²) in [5.41, 5.74) is 6.05. The third-order valence-corrected chi connectivity index (χ3v) is 3.77. The molecule has 2 unspecified atom stereocenters. The molecule has 0 aromatic carbocycles. The lowest BCUT2D eigenvalue weighted by Crippen LogP contribution is -2.41. The largest absolute Gasteiger partial charge is 0.338 e. The quantitative estimate of drug-likeness (QED) is 0.822. The lowest BCUT2D eigenvalue weighted by atomic mass is 10.0. The topological polar surface area (TPSA) is 79.2 Å². The highest BCUT2D eigenvalue weighted by Crippen LogP contribution is 2.29. The lowest BCUT2D eigenvalue weighted by Gasteiger charge is -2.29. The van der Waals surface area contributed by atoms with Gasteiger partial charge in [0.25, 0.3) is 5.91 Å². The number of aromatic nitrogens is 1. The minimum Gasteiger partial charge on any atom is -0.338 e. The summed E-state index contributed by atoms with van der Waals surface area (Å²) in [7, 11) is 1.81. The maximum atomic E-state index is 12.3. The zero-order chi connectivity index (χ0) is 13.1. The van der Waals surface area contributed by atoms with Crippen LogP contribution in [0, 0.1) is 5.92 Å². The normalized spacial score (nSPS) is 23.0. The summed E-state index contributed by atoms with van der Waals surface area (Å²) in [4.78, 5) is 27.5. The molecule has 1 saturated carbocycles. The zero-order valence-corrected chi connectivity index (χ0v) is 10.6. The van der Waals surface area contributed by atoms with Crippen LogP contribution in [0.15, 0.2) is 23.1 Å². The maximum Gasteiger partial charge on any atom is 0.255 e. The van der Waals surface area contributed by atoms with Crippen molar-refractivity contribution in [1.29, 1.82) is 0 Å². The minimum atomic E-state index is -0.199. The highest BCUT2D eigenvalue weighted by Gasteiger charge is 2.32. The van der Waals surface area contributed by atoms with Crippen LogP contribution in [0.5, 0.6) is 0 Å². The van der Waals surface area contributed by atoms with Gasteiger partial charge in [0.15, 0.2) is 0 Å². The molecule has 3 N–H and O–H groups in total. The average Bonchev–Trinajstić information content (AvgIpc) is 2.86. The van der Waals surface area contributed by atoms with E-state index in [1.165, 1.54) is 12.3 Å². The summed E-state index contributed by atoms with van der Waals surface area (Å²) in [6, 6.07) is 3.15. The molecule has 1 heterocycles. The molecule has 0 spiro atoms. The van der Waals surface area contributed by atoms with E-state index in [1.54, 1.807) is 11.0 Å². The number of hydrogen-bond acceptors (Lipinski definition) is 3. The van der Waals surface area contributed by atoms with Crippen molar-refractivity contribution >= 4 is 5.91 Å². The van der Waals surface area contributed by atoms with Gasteiger partial charge < -0.3 is 15.6 Å². The van der Waals surface area contributed by atoms with Crippen LogP contribution in [0.25, 0.3) is 0 Å². The van der Waals surface area contributed by atoms with Crippen LogP contribution in [0.1, 0.15) is 29.6 Å². The minimum absolute atomic E-state index is 0.0587. The van der Waals surface area contributed by atoms with Gasteiger partial charge >= 0.3 is 0 Å². The molecule has 0 saturated heterocycles. The molecule has 1 aliphatic carbocycles. The van der Waals surface area contributed by atoms with Crippen molar-refractivity contribution in [2.45, 2.75) is 25.3 Å². The van der Waals surface area contributed by atoms with E-state index in [9.17, 15) is 9.59 Å². The van der Waals surface area contributed by atoms with Gasteiger partial charge in [-0.2, -0.15) is 0 Å². The second kappa shape index (κ2) is 5.35. The van der Waals surface area contributed by atoms with Gasteiger partial charge in [-0.1, -0.05) is 6.42 Å². The van der Waals surface area contributed by atoms with Crippen molar-refractivity contribution in [2.24, 2.45) is 11.7 Å². The van der Waals surface area contributed by atoms with Gasteiger partial charge in [-0.3, -0.25) is 9.59 Å². The molecule has 5 nitrogen and oxygen atoms in total. The number of pyridine rings is 1. The van der Waals surface area contributed by atoms with Crippen molar-refractivity contribution < 1.29 is 4.79 Å². The van der Waals surface area contributed by atoms with Gasteiger partial charge in [0.2, 0.25) is 5.56 Å². The van der Waals surface area contributed by atoms with Crippen LogP contribution in [0.4, 0.5) is 0 Å². The van der Waals surface area contributed by atoms with E-state index in [-0.39, 0.29) is 17.5 Å². The molecule has 1 amide bonds. The molecule has 2 rings (SSSR count). The Kier molecular flexibility index (Phi) is 3.81. The Balaban J connectivity index is 2.13. The fourth-order valence-electron chi connectivity index (χ4n) is 2.70. The summed E-state index contributed by atoms with van der Waals surface area (Å²) in [6.45, 7) is 0.619. The Hall–Kier alpha value is -1.62. The average molecular weight is 249 g/mol. The fraction of sp³-hybridized carbons (Fsp3) is 0.538. The molecule has 1 aromatic heterocycles. The molecular formula is C13H19N3O2. The van der Waals surface area contributed by atoms with E-state index in [0.29, 0.717) is 18.0 Å². The molecular weight excluding hydrogens is 230 g/mol. The lowest BCUT2D eigenvalue weighted by molar-refractivity contribution is 0.0699. The predicted molar refractivity (Wildman–Crippen MR) is 69.3 cm³/mol. The first-order valence-corrected chi connectivity index (χ1v) is 6.29. The van der Waals surface area contributed by atoms with E-state index in [1.807, 2.05) is 7.05 Å². The fourth-order valence-corrected chi connectivity index (χ4v) is 2.70. The number of H-pyrrole nitrogens is 1. The number of carbonyl (C=O) groups excluding carboxylic acids is 1. The highest BCUT2D eigenvalue weighted by molar-refractivity contribution is 5.93. The van der Waals surface area contributed by atoms with Crippen molar-refractivity contribution in [1.82, 2.24) is 9.88 Å². The number of carbonyl (C=O) groups is 1. The zero-order valence-electron chi connectivity index (χ0n) is 10.6. The van der Waals surface area contributed by atoms with Crippen LogP contribution >= 0.6 is 0 Å². The van der Waals surface area contributed by atoms with Gasteiger partial charge in [0, 0.05) is 25.4 Å². The van der Waals surface area contributed by atoms with Crippen LogP contribution in [0.3, 0.4) is 0 Å². The second-order valence-electron chi connectivity index (χ2n) is 4.85. The number of nitrogens with two attached hydrogens (primary N) is 1. The van der Waals surface area contributed by atoms with Gasteiger partial charge in [-0.25, -0.2) is 0 Å². The van der Waals surface area contributed by atoms with E-state index >= 15 is 0 Å². The molecule has 98 valence electrons. The van der Waals surface area contributed by atoms with E-state index < -0.39 is 0 Å². The Bertz CT molecular complexity index is 463. The summed E-state index contributed by atoms with van der Waals surface area (Å²) < 4.78 is 0. The van der Waals surface area contributed by atoms with Gasteiger partial charge in [0.05, 0.1) is 5.56 Å². The van der Waals surface area contributed by atoms with Crippen molar-refractivity contribution in [3.05, 3.63) is 34.2 Å². The van der Waals surface area contributed by atoms with Crippen molar-refractivity contribution in [3.63, 3.8) is 0 Å². The summed E-state index contributed by atoms with van der Waals surface area (Å²) in [5, 5.41) is 0. The van der Waals surface area contributed by atoms with Crippen LogP contribution in [0.2, 0.25) is 0 Å². The van der Waals surface area contributed by atoms with Gasteiger partial charge in [0.1, 0.15) is 0 Å². The molecule has 0 aliphatic heterocycles. The third-order valence-electron chi connectivity index (χ3n) is 3.77. The first kappa shape index (κ1) is 12.8. The third kappa shape index (κ3) is 2.46. The van der Waals surface area contributed by atoms with Crippen molar-refractivity contribution in [3.8, 4) is 0 Å². The molecule has 1 aliphatic rings. The molecule has 18 heavy (non-hydrogen) atoms. The first-order valence-electron chi connectivity index (χ1n) is 6.29. The maximum absolute atomic E-state index is 12.3. The molecule has 1 fully saturated rings. The first-order chi connectivity index (χ1) is 8.63. The van der Waals surface area contributed by atoms with Crippen LogP contribution in [-0.2, 0) is 0 Å². The van der Waals surface area contributed by atoms with E-state index in [2.05, 4.69) is 4.98 Å². The van der Waals surface area contributed by atoms with E-state index in [0.717, 1.165) is 19.3 Å². The van der Waals surface area contributed by atoms with Crippen LogP contribution < -0.4 is 11.3 Å². The summed E-state index contributed by atoms with van der Waals surface area (Å²) >= 11 is 0. The number of rotatable bonds is 3. The Labute approximate surface area is 106 Å². The van der Waals surface area contributed by atoms with Gasteiger partial charge in [-0.05, 0) is 31.4 Å². The standard InChI is InChI=1S/C13H19N3O2/c1-16(11-4-2-3-9(11)7-14)13(18)10-5-6-12(17)15-8-10/h5-6,8-9,11H,2-4,7,14H2,1H3,(H,15,17). The second-order valence-corrected chi connectivity index (χ2v) is 4.85. The number of aromatic amines is 1. The number of nitrogens with zero attached hydrogens (tertiary/aromatic N) is 1. The van der Waals surface area contributed by atoms with Crippen molar-refractivity contribution in [2.75, 3.05) is 13.6 Å². The molecule has 0 radical (unpaired) electrons.